The Morgan fingerprint density at radius 2 is 1.75 bits per heavy atom. The summed E-state index contributed by atoms with van der Waals surface area (Å²) in [4.78, 5) is 51.5. The summed E-state index contributed by atoms with van der Waals surface area (Å²) in [5, 5.41) is 17.1. The zero-order valence-corrected chi connectivity index (χ0v) is 18.5. The van der Waals surface area contributed by atoms with E-state index in [-0.39, 0.29) is 12.3 Å². The standard InChI is InChI=1S/C22H31N5O5/c1-4-12(2)19(23)22(32)27-17(9-14-10-24-16-8-6-5-7-15(14)16)21(31)26-13(3)20(30)25-11-18(28)29/h5-8,10,12-13,17,19,24H,4,9,11,23H2,1-3H3,(H,25,30)(H,26,31)(H,27,32)(H,28,29). The number of amides is 3. The highest BCUT2D eigenvalue weighted by molar-refractivity contribution is 5.94. The fourth-order valence-corrected chi connectivity index (χ4v) is 3.21. The van der Waals surface area contributed by atoms with Crippen molar-refractivity contribution in [2.45, 2.75) is 51.7 Å². The van der Waals surface area contributed by atoms with Crippen LogP contribution in [0.5, 0.6) is 0 Å². The molecular weight excluding hydrogens is 414 g/mol. The van der Waals surface area contributed by atoms with Gasteiger partial charge in [0, 0.05) is 23.5 Å². The van der Waals surface area contributed by atoms with E-state index < -0.39 is 48.4 Å². The van der Waals surface area contributed by atoms with Crippen molar-refractivity contribution in [3.8, 4) is 0 Å². The van der Waals surface area contributed by atoms with Gasteiger partial charge in [0.1, 0.15) is 18.6 Å². The molecule has 0 fully saturated rings. The predicted octanol–water partition coefficient (Wildman–Crippen LogP) is 0.274. The van der Waals surface area contributed by atoms with E-state index in [9.17, 15) is 19.2 Å². The third-order valence-corrected chi connectivity index (χ3v) is 5.46. The van der Waals surface area contributed by atoms with Gasteiger partial charge in [0.15, 0.2) is 0 Å². The predicted molar refractivity (Wildman–Crippen MR) is 120 cm³/mol. The number of nitrogens with two attached hydrogens (primary N) is 1. The number of hydrogen-bond donors (Lipinski definition) is 6. The van der Waals surface area contributed by atoms with Gasteiger partial charge in [-0.25, -0.2) is 0 Å². The first kappa shape index (κ1) is 24.9. The van der Waals surface area contributed by atoms with Gasteiger partial charge in [0.2, 0.25) is 17.7 Å². The first-order valence-corrected chi connectivity index (χ1v) is 10.5. The quantitative estimate of drug-likeness (QED) is 0.290. The first-order chi connectivity index (χ1) is 15.1. The molecule has 1 aromatic heterocycles. The maximum Gasteiger partial charge on any atom is 0.322 e. The van der Waals surface area contributed by atoms with E-state index in [1.807, 2.05) is 38.1 Å². The number of fused-ring (bicyclic) bond motifs is 1. The molecule has 10 nitrogen and oxygen atoms in total. The number of aliphatic carboxylic acids is 1. The zero-order chi connectivity index (χ0) is 23.8. The molecule has 174 valence electrons. The summed E-state index contributed by atoms with van der Waals surface area (Å²) in [5.74, 6) is -2.94. The van der Waals surface area contributed by atoms with Gasteiger partial charge < -0.3 is 31.8 Å². The minimum Gasteiger partial charge on any atom is -0.480 e. The molecule has 2 aromatic rings. The van der Waals surface area contributed by atoms with Crippen LogP contribution in [0.25, 0.3) is 10.9 Å². The topological polar surface area (TPSA) is 166 Å². The maximum atomic E-state index is 13.0. The zero-order valence-electron chi connectivity index (χ0n) is 18.5. The van der Waals surface area contributed by atoms with Crippen molar-refractivity contribution in [1.29, 1.82) is 0 Å². The van der Waals surface area contributed by atoms with Gasteiger partial charge >= 0.3 is 5.97 Å². The molecule has 7 N–H and O–H groups in total. The Morgan fingerprint density at radius 1 is 1.06 bits per heavy atom. The fourth-order valence-electron chi connectivity index (χ4n) is 3.21. The molecule has 10 heteroatoms. The van der Waals surface area contributed by atoms with E-state index >= 15 is 0 Å². The molecule has 0 radical (unpaired) electrons. The normalized spacial score (nSPS) is 14.8. The Kier molecular flexibility index (Phi) is 8.77. The Balaban J connectivity index is 2.18. The Hall–Kier alpha value is -3.40. The number of para-hydroxylation sites is 1. The summed E-state index contributed by atoms with van der Waals surface area (Å²) in [6, 6.07) is 4.82. The van der Waals surface area contributed by atoms with Crippen LogP contribution in [0.2, 0.25) is 0 Å². The first-order valence-electron chi connectivity index (χ1n) is 10.5. The van der Waals surface area contributed by atoms with Crippen LogP contribution in [0.1, 0.15) is 32.8 Å². The van der Waals surface area contributed by atoms with Crippen LogP contribution < -0.4 is 21.7 Å². The lowest BCUT2D eigenvalue weighted by Gasteiger charge is -2.24. The van der Waals surface area contributed by atoms with Crippen molar-refractivity contribution in [1.82, 2.24) is 20.9 Å². The molecule has 1 aromatic carbocycles. The van der Waals surface area contributed by atoms with Crippen LogP contribution >= 0.6 is 0 Å². The molecule has 4 unspecified atom stereocenters. The monoisotopic (exact) mass is 445 g/mol. The molecule has 0 aliphatic rings. The van der Waals surface area contributed by atoms with Crippen LogP contribution in [0.3, 0.4) is 0 Å². The number of aromatic amines is 1. The lowest BCUT2D eigenvalue weighted by molar-refractivity contribution is -0.138. The number of carbonyl (C=O) groups is 4. The van der Waals surface area contributed by atoms with Gasteiger partial charge in [0.05, 0.1) is 6.04 Å². The molecule has 3 amide bonds. The number of carbonyl (C=O) groups excluding carboxylic acids is 3. The van der Waals surface area contributed by atoms with Crippen molar-refractivity contribution in [2.75, 3.05) is 6.54 Å². The highest BCUT2D eigenvalue weighted by Gasteiger charge is 2.28. The number of hydrogen-bond acceptors (Lipinski definition) is 5. The number of carboxylic acid groups (broad SMARTS) is 1. The highest BCUT2D eigenvalue weighted by Crippen LogP contribution is 2.19. The summed E-state index contributed by atoms with van der Waals surface area (Å²) in [6.07, 6.45) is 2.65. The Bertz CT molecular complexity index is 973. The summed E-state index contributed by atoms with van der Waals surface area (Å²) in [6.45, 7) is 4.65. The van der Waals surface area contributed by atoms with Crippen molar-refractivity contribution in [3.05, 3.63) is 36.0 Å². The minimum absolute atomic E-state index is 0.0764. The summed E-state index contributed by atoms with van der Waals surface area (Å²) in [5.41, 5.74) is 7.75. The molecule has 0 aliphatic heterocycles. The van der Waals surface area contributed by atoms with Gasteiger partial charge in [-0.05, 0) is 24.5 Å². The average molecular weight is 446 g/mol. The number of carboxylic acids is 1. The average Bonchev–Trinajstić information content (AvgIpc) is 3.18. The van der Waals surface area contributed by atoms with Crippen LogP contribution in [0.15, 0.2) is 30.5 Å². The fraction of sp³-hybridized carbons (Fsp3) is 0.455. The Morgan fingerprint density at radius 3 is 2.41 bits per heavy atom. The van der Waals surface area contributed by atoms with Crippen LogP contribution in [0, 0.1) is 5.92 Å². The number of nitrogens with one attached hydrogen (secondary N) is 4. The Labute approximate surface area is 186 Å². The molecule has 2 rings (SSSR count). The molecule has 4 atom stereocenters. The summed E-state index contributed by atoms with van der Waals surface area (Å²) in [7, 11) is 0. The van der Waals surface area contributed by atoms with Crippen LogP contribution in [-0.4, -0.2) is 58.5 Å². The van der Waals surface area contributed by atoms with E-state index in [0.717, 1.165) is 16.5 Å². The smallest absolute Gasteiger partial charge is 0.322 e. The molecule has 0 spiro atoms. The number of rotatable bonds is 11. The van der Waals surface area contributed by atoms with Gasteiger partial charge in [-0.1, -0.05) is 38.5 Å². The van der Waals surface area contributed by atoms with Gasteiger partial charge in [-0.2, -0.15) is 0 Å². The van der Waals surface area contributed by atoms with Crippen molar-refractivity contribution < 1.29 is 24.3 Å². The largest absolute Gasteiger partial charge is 0.480 e. The van der Waals surface area contributed by atoms with E-state index in [1.54, 1.807) is 6.20 Å². The van der Waals surface area contributed by atoms with E-state index in [1.165, 1.54) is 6.92 Å². The lowest BCUT2D eigenvalue weighted by Crippen LogP contribution is -2.56. The molecule has 0 saturated carbocycles. The van der Waals surface area contributed by atoms with Crippen molar-refractivity contribution in [2.24, 2.45) is 11.7 Å². The minimum atomic E-state index is -1.19. The summed E-state index contributed by atoms with van der Waals surface area (Å²) >= 11 is 0. The van der Waals surface area contributed by atoms with Gasteiger partial charge in [-0.15, -0.1) is 0 Å². The summed E-state index contributed by atoms with van der Waals surface area (Å²) < 4.78 is 0. The van der Waals surface area contributed by atoms with Crippen molar-refractivity contribution in [3.63, 3.8) is 0 Å². The molecule has 0 aliphatic carbocycles. The van der Waals surface area contributed by atoms with Crippen molar-refractivity contribution >= 4 is 34.6 Å². The van der Waals surface area contributed by atoms with Crippen LogP contribution in [0.4, 0.5) is 0 Å². The maximum absolute atomic E-state index is 13.0. The lowest BCUT2D eigenvalue weighted by atomic mass is 9.98. The van der Waals surface area contributed by atoms with E-state index in [2.05, 4.69) is 20.9 Å². The third kappa shape index (κ3) is 6.55. The van der Waals surface area contributed by atoms with Gasteiger partial charge in [-0.3, -0.25) is 19.2 Å². The highest BCUT2D eigenvalue weighted by atomic mass is 16.4. The SMILES string of the molecule is CCC(C)C(N)C(=O)NC(Cc1c[nH]c2ccccc12)C(=O)NC(C)C(=O)NCC(=O)O. The number of benzene rings is 1. The molecule has 32 heavy (non-hydrogen) atoms. The number of H-pyrrole nitrogens is 1. The molecule has 0 bridgehead atoms. The second kappa shape index (κ2) is 11.3. The van der Waals surface area contributed by atoms with Crippen LogP contribution in [-0.2, 0) is 25.6 Å². The van der Waals surface area contributed by atoms with E-state index in [4.69, 9.17) is 10.8 Å². The van der Waals surface area contributed by atoms with E-state index in [0.29, 0.717) is 6.42 Å². The second-order valence-corrected chi connectivity index (χ2v) is 7.88. The van der Waals surface area contributed by atoms with Gasteiger partial charge in [0.25, 0.3) is 0 Å². The molecule has 1 heterocycles. The second-order valence-electron chi connectivity index (χ2n) is 7.88. The third-order valence-electron chi connectivity index (χ3n) is 5.46. The molecule has 0 saturated heterocycles. The molecular formula is C22H31N5O5. The number of aromatic nitrogens is 1.